The van der Waals surface area contributed by atoms with Crippen molar-refractivity contribution in [2.24, 2.45) is 5.92 Å². The third kappa shape index (κ3) is 3.54. The lowest BCUT2D eigenvalue weighted by atomic mass is 9.85. The molecule has 0 unspecified atom stereocenters. The van der Waals surface area contributed by atoms with Crippen LogP contribution in [0.4, 0.5) is 5.69 Å². The molecule has 0 atom stereocenters. The van der Waals surface area contributed by atoms with E-state index < -0.39 is 0 Å². The summed E-state index contributed by atoms with van der Waals surface area (Å²) < 4.78 is 0. The number of hydrogen-bond acceptors (Lipinski definition) is 7. The molecule has 0 saturated heterocycles. The van der Waals surface area contributed by atoms with E-state index in [1.807, 2.05) is 18.2 Å². The lowest BCUT2D eigenvalue weighted by Crippen LogP contribution is -2.28. The van der Waals surface area contributed by atoms with Crippen molar-refractivity contribution in [1.29, 1.82) is 0 Å². The average Bonchev–Trinajstić information content (AvgIpc) is 3.61. The summed E-state index contributed by atoms with van der Waals surface area (Å²) in [6.07, 6.45) is 9.94. The highest BCUT2D eigenvalue weighted by molar-refractivity contribution is 7.08. The normalized spacial score (nSPS) is 13.8. The van der Waals surface area contributed by atoms with E-state index in [0.29, 0.717) is 22.9 Å². The first-order valence-electron chi connectivity index (χ1n) is 11.7. The van der Waals surface area contributed by atoms with Gasteiger partial charge in [0.25, 0.3) is 0 Å². The lowest BCUT2D eigenvalue weighted by Gasteiger charge is -2.24. The summed E-state index contributed by atoms with van der Waals surface area (Å²) in [6.45, 7) is 0. The smallest absolute Gasteiger partial charge is 0.227 e. The number of nitrogens with one attached hydrogen (secondary N) is 3. The van der Waals surface area contributed by atoms with Gasteiger partial charge in [0, 0.05) is 34.8 Å². The van der Waals surface area contributed by atoms with E-state index in [1.165, 1.54) is 0 Å². The molecule has 1 fully saturated rings. The summed E-state index contributed by atoms with van der Waals surface area (Å²) in [7, 11) is 0. The largest absolute Gasteiger partial charge is 0.335 e. The summed E-state index contributed by atoms with van der Waals surface area (Å²) in [5.74, 6) is 0.791. The number of fused-ring (bicyclic) bond motifs is 2. The molecule has 6 heterocycles. The van der Waals surface area contributed by atoms with Gasteiger partial charge in [-0.05, 0) is 53.4 Å². The van der Waals surface area contributed by atoms with Crippen molar-refractivity contribution in [2.75, 3.05) is 5.32 Å². The maximum absolute atomic E-state index is 12.4. The Morgan fingerprint density at radius 1 is 1.08 bits per heavy atom. The van der Waals surface area contributed by atoms with Crippen LogP contribution in [-0.4, -0.2) is 41.0 Å². The zero-order chi connectivity index (χ0) is 24.1. The Bertz CT molecular complexity index is 1730. The van der Waals surface area contributed by atoms with Crippen LogP contribution in [0.25, 0.3) is 56.0 Å². The lowest BCUT2D eigenvalue weighted by molar-refractivity contribution is -0.122. The molecule has 1 saturated carbocycles. The first-order valence-corrected chi connectivity index (χ1v) is 12.7. The van der Waals surface area contributed by atoms with Gasteiger partial charge in [-0.2, -0.15) is 16.4 Å². The van der Waals surface area contributed by atoms with Crippen molar-refractivity contribution in [3.05, 3.63) is 59.8 Å². The quantitative estimate of drug-likeness (QED) is 0.295. The monoisotopic (exact) mass is 492 g/mol. The van der Waals surface area contributed by atoms with Gasteiger partial charge in [0.1, 0.15) is 5.69 Å². The summed E-state index contributed by atoms with van der Waals surface area (Å²) in [6, 6.07) is 7.93. The summed E-state index contributed by atoms with van der Waals surface area (Å²) in [5.41, 5.74) is 7.36. The van der Waals surface area contributed by atoms with Gasteiger partial charge in [0.15, 0.2) is 11.5 Å². The zero-order valence-electron chi connectivity index (χ0n) is 19.0. The van der Waals surface area contributed by atoms with Gasteiger partial charge in [-0.25, -0.2) is 9.97 Å². The number of carbonyl (C=O) groups is 1. The molecule has 10 heteroatoms. The van der Waals surface area contributed by atoms with Crippen molar-refractivity contribution in [1.82, 2.24) is 35.1 Å². The van der Waals surface area contributed by atoms with Crippen molar-refractivity contribution in [3.63, 3.8) is 0 Å². The van der Waals surface area contributed by atoms with Gasteiger partial charge in [0.05, 0.1) is 34.8 Å². The fourth-order valence-corrected chi connectivity index (χ4v) is 5.16. The molecule has 1 aliphatic carbocycles. The van der Waals surface area contributed by atoms with Crippen LogP contribution in [0.15, 0.2) is 59.8 Å². The van der Waals surface area contributed by atoms with Crippen molar-refractivity contribution in [3.8, 4) is 33.9 Å². The van der Waals surface area contributed by atoms with Gasteiger partial charge >= 0.3 is 0 Å². The third-order valence-electron chi connectivity index (χ3n) is 6.67. The number of hydrogen-bond donors (Lipinski definition) is 3. The number of nitrogens with zero attached hydrogens (tertiary/aromatic N) is 5. The second-order valence-corrected chi connectivity index (χ2v) is 9.70. The Balaban J connectivity index is 1.26. The minimum Gasteiger partial charge on any atom is -0.335 e. The fourth-order valence-electron chi connectivity index (χ4n) is 4.50. The summed E-state index contributed by atoms with van der Waals surface area (Å²) in [5, 5.41) is 15.6. The molecular formula is C26H20N8OS. The number of amides is 1. The minimum absolute atomic E-state index is 0.0565. The molecule has 176 valence electrons. The van der Waals surface area contributed by atoms with Gasteiger partial charge in [-0.15, -0.1) is 0 Å². The SMILES string of the molecule is O=C(Nc1cncc(-c2cc3c(-c4nc5nccc(-c6ccsc6)c5[nH]4)n[nH]c3cn2)c1)C1CCC1. The standard InChI is InChI=1S/C26H20N8OS/c35-26(14-2-1-3-14)30-17-8-16(10-27-11-17)20-9-19-21(12-29-20)33-34-23(19)25-31-22-18(15-5-7-36-13-15)4-6-28-24(22)32-25/h4-14H,1-3H2,(H,30,35)(H,33,34)(H,28,31,32). The number of pyridine rings is 3. The Labute approximate surface area is 209 Å². The highest BCUT2D eigenvalue weighted by Crippen LogP contribution is 2.33. The number of anilines is 1. The zero-order valence-corrected chi connectivity index (χ0v) is 19.8. The van der Waals surface area contributed by atoms with E-state index in [-0.39, 0.29) is 11.8 Å². The van der Waals surface area contributed by atoms with Crippen LogP contribution in [0.2, 0.25) is 0 Å². The second-order valence-electron chi connectivity index (χ2n) is 8.92. The molecule has 1 amide bonds. The van der Waals surface area contributed by atoms with Crippen molar-refractivity contribution in [2.45, 2.75) is 19.3 Å². The van der Waals surface area contributed by atoms with Crippen LogP contribution < -0.4 is 5.32 Å². The van der Waals surface area contributed by atoms with E-state index in [4.69, 9.17) is 4.98 Å². The molecule has 3 N–H and O–H groups in total. The molecule has 6 aromatic rings. The Morgan fingerprint density at radius 3 is 2.86 bits per heavy atom. The summed E-state index contributed by atoms with van der Waals surface area (Å²) in [4.78, 5) is 33.9. The van der Waals surface area contributed by atoms with Crippen LogP contribution >= 0.6 is 11.3 Å². The topological polar surface area (TPSA) is 125 Å². The molecule has 0 aromatic carbocycles. The second kappa shape index (κ2) is 8.35. The van der Waals surface area contributed by atoms with Crippen LogP contribution in [0.5, 0.6) is 0 Å². The molecule has 6 aromatic heterocycles. The van der Waals surface area contributed by atoms with E-state index >= 15 is 0 Å². The molecular weight excluding hydrogens is 472 g/mol. The number of imidazole rings is 1. The highest BCUT2D eigenvalue weighted by Gasteiger charge is 2.25. The molecule has 0 bridgehead atoms. The number of aromatic amines is 2. The van der Waals surface area contributed by atoms with Gasteiger partial charge < -0.3 is 10.3 Å². The number of aromatic nitrogens is 7. The van der Waals surface area contributed by atoms with Crippen LogP contribution in [0.1, 0.15) is 19.3 Å². The van der Waals surface area contributed by atoms with E-state index in [0.717, 1.165) is 58.1 Å². The average molecular weight is 493 g/mol. The molecule has 0 radical (unpaired) electrons. The predicted octanol–water partition coefficient (Wildman–Crippen LogP) is 5.43. The van der Waals surface area contributed by atoms with E-state index in [2.05, 4.69) is 52.3 Å². The first kappa shape index (κ1) is 20.9. The molecule has 7 rings (SSSR count). The van der Waals surface area contributed by atoms with Crippen molar-refractivity contribution >= 4 is 45.0 Å². The maximum atomic E-state index is 12.4. The van der Waals surface area contributed by atoms with Gasteiger partial charge in [-0.1, -0.05) is 6.42 Å². The van der Waals surface area contributed by atoms with Crippen LogP contribution in [-0.2, 0) is 4.79 Å². The van der Waals surface area contributed by atoms with Crippen molar-refractivity contribution < 1.29 is 4.79 Å². The molecule has 0 aliphatic heterocycles. The first-order chi connectivity index (χ1) is 17.7. The number of rotatable bonds is 5. The molecule has 9 nitrogen and oxygen atoms in total. The Hall–Kier alpha value is -4.44. The number of carbonyl (C=O) groups excluding carboxylic acids is 1. The third-order valence-corrected chi connectivity index (χ3v) is 7.36. The predicted molar refractivity (Wildman–Crippen MR) is 139 cm³/mol. The molecule has 36 heavy (non-hydrogen) atoms. The molecule has 0 spiro atoms. The maximum Gasteiger partial charge on any atom is 0.227 e. The minimum atomic E-state index is 0.0565. The number of H-pyrrole nitrogens is 2. The van der Waals surface area contributed by atoms with Crippen LogP contribution in [0.3, 0.4) is 0 Å². The highest BCUT2D eigenvalue weighted by atomic mass is 32.1. The van der Waals surface area contributed by atoms with E-state index in [1.54, 1.807) is 36.1 Å². The Morgan fingerprint density at radius 2 is 2.03 bits per heavy atom. The fraction of sp³-hybridized carbons (Fsp3) is 0.154. The van der Waals surface area contributed by atoms with Gasteiger partial charge in [-0.3, -0.25) is 19.9 Å². The van der Waals surface area contributed by atoms with Crippen LogP contribution in [0, 0.1) is 5.92 Å². The molecule has 1 aliphatic rings. The van der Waals surface area contributed by atoms with Gasteiger partial charge in [0.2, 0.25) is 5.91 Å². The summed E-state index contributed by atoms with van der Waals surface area (Å²) >= 11 is 1.65. The number of thiophene rings is 1. The Kier molecular flexibility index (Phi) is 4.84. The van der Waals surface area contributed by atoms with E-state index in [9.17, 15) is 4.79 Å².